The summed E-state index contributed by atoms with van der Waals surface area (Å²) in [5.41, 5.74) is 7.99. The van der Waals surface area contributed by atoms with Crippen molar-refractivity contribution in [3.63, 3.8) is 0 Å². The molecule has 5 nitrogen and oxygen atoms in total. The number of nitrogens with zero attached hydrogens (tertiary/aromatic N) is 3. The van der Waals surface area contributed by atoms with Gasteiger partial charge in [-0.15, -0.1) is 11.3 Å². The number of carbonyl (C=O) groups excluding carboxylic acids is 1. The molecule has 0 saturated heterocycles. The third kappa shape index (κ3) is 2.68. The fraction of sp³-hybridized carbons (Fsp3) is 0.278. The zero-order valence-electron chi connectivity index (χ0n) is 13.8. The Labute approximate surface area is 145 Å². The summed E-state index contributed by atoms with van der Waals surface area (Å²) in [5, 5.41) is 9.09. The maximum atomic E-state index is 12.2. The number of nitrogens with two attached hydrogens (primary N) is 1. The molecule has 1 aliphatic rings. The maximum Gasteiger partial charge on any atom is 0.231 e. The molecule has 0 fully saturated rings. The van der Waals surface area contributed by atoms with Crippen molar-refractivity contribution in [3.8, 4) is 16.5 Å². The lowest BCUT2D eigenvalue weighted by Gasteiger charge is -2.32. The molecule has 0 radical (unpaired) electrons. The Bertz CT molecular complexity index is 893. The number of rotatable bonds is 2. The van der Waals surface area contributed by atoms with E-state index in [1.54, 1.807) is 24.5 Å². The molecule has 24 heavy (non-hydrogen) atoms. The maximum absolute atomic E-state index is 12.2. The molecule has 122 valence electrons. The summed E-state index contributed by atoms with van der Waals surface area (Å²) in [6.45, 7) is 3.97. The molecule has 0 spiro atoms. The number of aryl methyl sites for hydroxylation is 1. The van der Waals surface area contributed by atoms with Gasteiger partial charge in [0.25, 0.3) is 0 Å². The number of hydrogen-bond donors (Lipinski definition) is 1. The van der Waals surface area contributed by atoms with Crippen LogP contribution in [0.15, 0.2) is 35.3 Å². The largest absolute Gasteiger partial charge is 0.369 e. The van der Waals surface area contributed by atoms with Gasteiger partial charge in [0.15, 0.2) is 5.96 Å². The van der Waals surface area contributed by atoms with E-state index in [1.165, 1.54) is 4.90 Å². The predicted molar refractivity (Wildman–Crippen MR) is 95.6 cm³/mol. The zero-order chi connectivity index (χ0) is 17.5. The number of thiophene rings is 1. The first kappa shape index (κ1) is 16.2. The molecule has 0 saturated carbocycles. The molecular weight excluding hydrogens is 320 g/mol. The third-order valence-corrected chi connectivity index (χ3v) is 5.82. The van der Waals surface area contributed by atoms with Gasteiger partial charge in [-0.3, -0.25) is 9.69 Å². The first-order valence-electron chi connectivity index (χ1n) is 7.57. The molecule has 2 heterocycles. The fourth-order valence-corrected chi connectivity index (χ4v) is 4.07. The minimum atomic E-state index is -0.645. The highest BCUT2D eigenvalue weighted by atomic mass is 32.1. The van der Waals surface area contributed by atoms with Gasteiger partial charge in [0, 0.05) is 16.8 Å². The van der Waals surface area contributed by atoms with E-state index in [2.05, 4.69) is 17.1 Å². The number of guanidine groups is 1. The summed E-state index contributed by atoms with van der Waals surface area (Å²) in [4.78, 5) is 20.2. The summed E-state index contributed by atoms with van der Waals surface area (Å²) in [6, 6.07) is 11.8. The van der Waals surface area contributed by atoms with Crippen LogP contribution in [0.5, 0.6) is 0 Å². The summed E-state index contributed by atoms with van der Waals surface area (Å²) in [6.07, 6.45) is 0.293. The van der Waals surface area contributed by atoms with Crippen molar-refractivity contribution in [1.29, 1.82) is 5.26 Å². The highest BCUT2D eigenvalue weighted by molar-refractivity contribution is 7.15. The van der Waals surface area contributed by atoms with Crippen molar-refractivity contribution in [2.24, 2.45) is 10.7 Å². The molecular formula is C18H18N4OS. The monoisotopic (exact) mass is 338 g/mol. The van der Waals surface area contributed by atoms with Crippen LogP contribution in [0.25, 0.3) is 10.4 Å². The Kier molecular flexibility index (Phi) is 3.90. The van der Waals surface area contributed by atoms with E-state index < -0.39 is 5.54 Å². The van der Waals surface area contributed by atoms with Crippen molar-refractivity contribution in [2.45, 2.75) is 25.8 Å². The van der Waals surface area contributed by atoms with Gasteiger partial charge >= 0.3 is 0 Å². The lowest BCUT2D eigenvalue weighted by molar-refractivity contribution is -0.128. The van der Waals surface area contributed by atoms with Crippen LogP contribution in [-0.2, 0) is 10.3 Å². The van der Waals surface area contributed by atoms with Gasteiger partial charge in [0.05, 0.1) is 18.1 Å². The van der Waals surface area contributed by atoms with E-state index in [9.17, 15) is 4.79 Å². The average molecular weight is 338 g/mol. The molecule has 1 unspecified atom stereocenters. The first-order chi connectivity index (χ1) is 11.3. The van der Waals surface area contributed by atoms with Gasteiger partial charge in [-0.1, -0.05) is 12.1 Å². The summed E-state index contributed by atoms with van der Waals surface area (Å²) >= 11 is 1.60. The Morgan fingerprint density at radius 1 is 1.42 bits per heavy atom. The lowest BCUT2D eigenvalue weighted by atomic mass is 9.93. The number of carbonyl (C=O) groups is 1. The average Bonchev–Trinajstić information content (AvgIpc) is 2.95. The lowest BCUT2D eigenvalue weighted by Crippen LogP contribution is -2.47. The first-order valence-corrected chi connectivity index (χ1v) is 8.39. The van der Waals surface area contributed by atoms with Crippen LogP contribution < -0.4 is 5.73 Å². The fourth-order valence-electron chi connectivity index (χ4n) is 2.81. The summed E-state index contributed by atoms with van der Waals surface area (Å²) < 4.78 is 0. The molecule has 1 aromatic carbocycles. The number of aliphatic imine (C=N–C) groups is 1. The second-order valence-corrected chi connectivity index (χ2v) is 7.24. The molecule has 1 atom stereocenters. The normalized spacial score (nSPS) is 20.7. The van der Waals surface area contributed by atoms with E-state index in [-0.39, 0.29) is 11.9 Å². The van der Waals surface area contributed by atoms with Crippen LogP contribution >= 0.6 is 11.3 Å². The minimum Gasteiger partial charge on any atom is -0.369 e. The number of nitriles is 1. The van der Waals surface area contributed by atoms with E-state index in [4.69, 9.17) is 11.0 Å². The van der Waals surface area contributed by atoms with Crippen LogP contribution in [-0.4, -0.2) is 23.8 Å². The molecule has 3 rings (SSSR count). The smallest absolute Gasteiger partial charge is 0.231 e. The predicted octanol–water partition coefficient (Wildman–Crippen LogP) is 2.99. The van der Waals surface area contributed by atoms with Crippen LogP contribution in [0.3, 0.4) is 0 Å². The van der Waals surface area contributed by atoms with Crippen molar-refractivity contribution in [1.82, 2.24) is 4.90 Å². The van der Waals surface area contributed by atoms with Crippen molar-refractivity contribution in [2.75, 3.05) is 7.05 Å². The SMILES string of the molecule is Cc1cc(C2(C)CC(=O)N(C)C(N)=N2)sc1-c1cccc(C#N)c1. The van der Waals surface area contributed by atoms with Gasteiger partial charge in [-0.05, 0) is 43.2 Å². The van der Waals surface area contributed by atoms with Gasteiger partial charge in [-0.2, -0.15) is 5.26 Å². The molecule has 1 amide bonds. The van der Waals surface area contributed by atoms with Crippen molar-refractivity contribution >= 4 is 23.2 Å². The minimum absolute atomic E-state index is 0.0379. The van der Waals surface area contributed by atoms with Gasteiger partial charge in [-0.25, -0.2) is 4.99 Å². The number of amides is 1. The second kappa shape index (κ2) is 5.77. The summed E-state index contributed by atoms with van der Waals surface area (Å²) in [7, 11) is 1.64. The van der Waals surface area contributed by atoms with Crippen LogP contribution in [0, 0.1) is 18.3 Å². The zero-order valence-corrected chi connectivity index (χ0v) is 14.6. The Balaban J connectivity index is 2.06. The van der Waals surface area contributed by atoms with E-state index in [0.717, 1.165) is 20.9 Å². The summed E-state index contributed by atoms with van der Waals surface area (Å²) in [5.74, 6) is 0.205. The standard InChI is InChI=1S/C18H18N4OS/c1-11-7-14(18(2)9-15(23)22(3)17(20)21-18)24-16(11)13-6-4-5-12(8-13)10-19/h4-8H,9H2,1-3H3,(H2,20,21). The molecule has 6 heteroatoms. The van der Waals surface area contributed by atoms with Crippen molar-refractivity contribution < 1.29 is 4.79 Å². The Morgan fingerprint density at radius 3 is 2.83 bits per heavy atom. The molecule has 0 bridgehead atoms. The van der Waals surface area contributed by atoms with E-state index >= 15 is 0 Å². The Hall–Kier alpha value is -2.65. The molecule has 1 aromatic heterocycles. The van der Waals surface area contributed by atoms with Crippen LogP contribution in [0.1, 0.15) is 29.3 Å². The quantitative estimate of drug-likeness (QED) is 0.914. The van der Waals surface area contributed by atoms with Crippen molar-refractivity contribution in [3.05, 3.63) is 46.3 Å². The molecule has 1 aliphatic heterocycles. The third-order valence-electron chi connectivity index (χ3n) is 4.28. The van der Waals surface area contributed by atoms with E-state index in [0.29, 0.717) is 12.0 Å². The topological polar surface area (TPSA) is 82.5 Å². The highest BCUT2D eigenvalue weighted by Crippen LogP contribution is 2.42. The van der Waals surface area contributed by atoms with Gasteiger partial charge in [0.2, 0.25) is 5.91 Å². The van der Waals surface area contributed by atoms with Gasteiger partial charge < -0.3 is 5.73 Å². The van der Waals surface area contributed by atoms with Crippen LogP contribution in [0.4, 0.5) is 0 Å². The van der Waals surface area contributed by atoms with Gasteiger partial charge in [0.1, 0.15) is 5.54 Å². The molecule has 2 aromatic rings. The molecule has 2 N–H and O–H groups in total. The Morgan fingerprint density at radius 2 is 2.17 bits per heavy atom. The molecule has 0 aliphatic carbocycles. The number of hydrogen-bond acceptors (Lipinski definition) is 5. The number of benzene rings is 1. The van der Waals surface area contributed by atoms with Crippen LogP contribution in [0.2, 0.25) is 0 Å². The van der Waals surface area contributed by atoms with E-state index in [1.807, 2.05) is 32.0 Å². The second-order valence-electron chi connectivity index (χ2n) is 6.19. The highest BCUT2D eigenvalue weighted by Gasteiger charge is 2.37.